The molecule has 0 radical (unpaired) electrons. The molecule has 1 saturated heterocycles. The van der Waals surface area contributed by atoms with E-state index in [2.05, 4.69) is 10.6 Å². The molecule has 1 aliphatic heterocycles. The summed E-state index contributed by atoms with van der Waals surface area (Å²) in [5.74, 6) is -2.33. The van der Waals surface area contributed by atoms with Gasteiger partial charge in [0.1, 0.15) is 11.9 Å². The maximum atomic E-state index is 14.8. The molecule has 0 saturated carbocycles. The molecule has 0 spiro atoms. The third-order valence-electron chi connectivity index (χ3n) is 6.07. The summed E-state index contributed by atoms with van der Waals surface area (Å²) in [6.07, 6.45) is -5.12. The normalized spacial score (nSPS) is 15.4. The lowest BCUT2D eigenvalue weighted by atomic mass is 10.1. The summed E-state index contributed by atoms with van der Waals surface area (Å²) in [5, 5.41) is 14.9. The minimum absolute atomic E-state index is 0.0267. The van der Waals surface area contributed by atoms with Crippen molar-refractivity contribution in [3.05, 3.63) is 57.3 Å². The first-order valence-corrected chi connectivity index (χ1v) is 12.4. The fourth-order valence-electron chi connectivity index (χ4n) is 3.93. The van der Waals surface area contributed by atoms with Crippen molar-refractivity contribution in [2.75, 3.05) is 49.5 Å². The highest BCUT2D eigenvalue weighted by Gasteiger charge is 2.29. The zero-order valence-electron chi connectivity index (χ0n) is 20.1. The SMILES string of the molecule is NC(=O)C(CO)NCc1ccc(C(=O)Nc2cc(Cl)c(Cl)cc2N2CCN(CCC(F)(F)F)CC2)c(F)c1. The van der Waals surface area contributed by atoms with Crippen LogP contribution in [0.5, 0.6) is 0 Å². The van der Waals surface area contributed by atoms with Crippen molar-refractivity contribution >= 4 is 46.4 Å². The minimum atomic E-state index is -4.23. The molecule has 38 heavy (non-hydrogen) atoms. The largest absolute Gasteiger partial charge is 0.394 e. The predicted molar refractivity (Wildman–Crippen MR) is 137 cm³/mol. The number of carbonyl (C=O) groups excluding carboxylic acids is 2. The standard InChI is InChI=1S/C24H27Cl2F4N5O3/c25-16-10-19(21(11-17(16)26)35-7-5-34(6-8-35)4-3-24(28,29)30)33-23(38)15-2-1-14(9-18(15)27)12-32-20(13-36)22(31)37/h1-2,9-11,20,32,36H,3-8,12-13H2,(H2,31,37)(H,33,38). The number of hydrogen-bond donors (Lipinski definition) is 4. The summed E-state index contributed by atoms with van der Waals surface area (Å²) in [6.45, 7) is 0.924. The molecule has 2 amide bonds. The van der Waals surface area contributed by atoms with Crippen molar-refractivity contribution in [3.63, 3.8) is 0 Å². The van der Waals surface area contributed by atoms with Crippen LogP contribution in [0.1, 0.15) is 22.3 Å². The van der Waals surface area contributed by atoms with E-state index in [1.807, 2.05) is 4.90 Å². The van der Waals surface area contributed by atoms with E-state index < -0.39 is 42.9 Å². The van der Waals surface area contributed by atoms with Crippen LogP contribution in [0.25, 0.3) is 0 Å². The van der Waals surface area contributed by atoms with Gasteiger partial charge in [0.15, 0.2) is 0 Å². The second kappa shape index (κ2) is 12.9. The van der Waals surface area contributed by atoms with E-state index in [0.717, 1.165) is 6.07 Å². The van der Waals surface area contributed by atoms with Crippen molar-refractivity contribution in [1.82, 2.24) is 10.2 Å². The maximum absolute atomic E-state index is 14.8. The van der Waals surface area contributed by atoms with Crippen LogP contribution in [0.3, 0.4) is 0 Å². The van der Waals surface area contributed by atoms with Crippen molar-refractivity contribution in [3.8, 4) is 0 Å². The fraction of sp³-hybridized carbons (Fsp3) is 0.417. The number of halogens is 6. The van der Waals surface area contributed by atoms with Crippen LogP contribution >= 0.6 is 23.2 Å². The second-order valence-electron chi connectivity index (χ2n) is 8.76. The van der Waals surface area contributed by atoms with Crippen LogP contribution in [0, 0.1) is 5.82 Å². The van der Waals surface area contributed by atoms with Gasteiger partial charge in [-0.25, -0.2) is 4.39 Å². The third-order valence-corrected chi connectivity index (χ3v) is 6.79. The lowest BCUT2D eigenvalue weighted by Gasteiger charge is -2.37. The van der Waals surface area contributed by atoms with Gasteiger partial charge >= 0.3 is 6.18 Å². The Hall–Kier alpha value is -2.64. The first-order valence-electron chi connectivity index (χ1n) is 11.6. The Morgan fingerprint density at radius 1 is 1.08 bits per heavy atom. The molecule has 1 aliphatic rings. The summed E-state index contributed by atoms with van der Waals surface area (Å²) < 4.78 is 52.5. The number of benzene rings is 2. The number of piperazine rings is 1. The minimum Gasteiger partial charge on any atom is -0.394 e. The molecule has 14 heteroatoms. The number of amides is 2. The summed E-state index contributed by atoms with van der Waals surface area (Å²) in [5.41, 5.74) is 6.08. The number of nitrogens with zero attached hydrogens (tertiary/aromatic N) is 2. The molecular formula is C24H27Cl2F4N5O3. The van der Waals surface area contributed by atoms with Gasteiger partial charge in [0.05, 0.1) is 40.0 Å². The van der Waals surface area contributed by atoms with Gasteiger partial charge in [-0.2, -0.15) is 13.2 Å². The van der Waals surface area contributed by atoms with E-state index in [-0.39, 0.29) is 34.4 Å². The summed E-state index contributed by atoms with van der Waals surface area (Å²) in [7, 11) is 0. The van der Waals surface area contributed by atoms with Gasteiger partial charge in [-0.15, -0.1) is 0 Å². The molecule has 5 N–H and O–H groups in total. The molecule has 1 unspecified atom stereocenters. The lowest BCUT2D eigenvalue weighted by molar-refractivity contribution is -0.138. The highest BCUT2D eigenvalue weighted by molar-refractivity contribution is 6.42. The zero-order valence-corrected chi connectivity index (χ0v) is 21.6. The summed E-state index contributed by atoms with van der Waals surface area (Å²) >= 11 is 12.4. The smallest absolute Gasteiger partial charge is 0.390 e. The van der Waals surface area contributed by atoms with E-state index in [9.17, 15) is 27.2 Å². The van der Waals surface area contributed by atoms with E-state index in [1.54, 1.807) is 11.0 Å². The van der Waals surface area contributed by atoms with E-state index >= 15 is 0 Å². The Kier molecular flexibility index (Phi) is 10.2. The van der Waals surface area contributed by atoms with Crippen LogP contribution in [0.15, 0.2) is 30.3 Å². The van der Waals surface area contributed by atoms with Crippen LogP contribution in [-0.4, -0.2) is 73.4 Å². The lowest BCUT2D eigenvalue weighted by Crippen LogP contribution is -2.47. The number of carbonyl (C=O) groups is 2. The number of anilines is 2. The van der Waals surface area contributed by atoms with Crippen molar-refractivity contribution < 1.29 is 32.3 Å². The summed E-state index contributed by atoms with van der Waals surface area (Å²) in [6, 6.07) is 5.86. The first-order chi connectivity index (χ1) is 17.9. The van der Waals surface area contributed by atoms with Crippen molar-refractivity contribution in [2.24, 2.45) is 5.73 Å². The maximum Gasteiger partial charge on any atom is 0.390 e. The first kappa shape index (κ1) is 29.9. The molecule has 0 aromatic heterocycles. The number of primary amides is 1. The molecular weight excluding hydrogens is 553 g/mol. The molecule has 2 aromatic rings. The quantitative estimate of drug-likeness (QED) is 0.321. The monoisotopic (exact) mass is 579 g/mol. The molecule has 3 rings (SSSR count). The summed E-state index contributed by atoms with van der Waals surface area (Å²) in [4.78, 5) is 27.7. The highest BCUT2D eigenvalue weighted by Crippen LogP contribution is 2.36. The Morgan fingerprint density at radius 2 is 1.74 bits per heavy atom. The van der Waals surface area contributed by atoms with Gasteiger partial charge in [0, 0.05) is 39.3 Å². The van der Waals surface area contributed by atoms with Crippen LogP contribution < -0.4 is 21.3 Å². The number of aliphatic hydroxyl groups excluding tert-OH is 1. The Labute approximate surface area is 226 Å². The second-order valence-corrected chi connectivity index (χ2v) is 9.58. The average Bonchev–Trinajstić information content (AvgIpc) is 2.85. The molecule has 1 heterocycles. The molecule has 2 aromatic carbocycles. The Balaban J connectivity index is 1.71. The van der Waals surface area contributed by atoms with Crippen LogP contribution in [-0.2, 0) is 11.3 Å². The highest BCUT2D eigenvalue weighted by atomic mass is 35.5. The third kappa shape index (κ3) is 8.18. The molecule has 0 aliphatic carbocycles. The molecule has 0 bridgehead atoms. The number of hydrogen-bond acceptors (Lipinski definition) is 6. The van der Waals surface area contributed by atoms with Gasteiger partial charge in [-0.05, 0) is 29.8 Å². The number of nitrogens with one attached hydrogen (secondary N) is 2. The van der Waals surface area contributed by atoms with Gasteiger partial charge in [0.2, 0.25) is 5.91 Å². The van der Waals surface area contributed by atoms with Crippen LogP contribution in [0.2, 0.25) is 10.0 Å². The Bertz CT molecular complexity index is 1160. The molecule has 1 atom stereocenters. The fourth-order valence-corrected chi connectivity index (χ4v) is 4.26. The van der Waals surface area contributed by atoms with E-state index in [4.69, 9.17) is 34.0 Å². The van der Waals surface area contributed by atoms with Gasteiger partial charge < -0.3 is 21.1 Å². The number of nitrogens with two attached hydrogens (primary N) is 1. The Morgan fingerprint density at radius 3 is 2.32 bits per heavy atom. The molecule has 1 fully saturated rings. The van der Waals surface area contributed by atoms with Gasteiger partial charge in [-0.1, -0.05) is 29.3 Å². The van der Waals surface area contributed by atoms with Gasteiger partial charge in [0.25, 0.3) is 5.91 Å². The van der Waals surface area contributed by atoms with Crippen molar-refractivity contribution in [2.45, 2.75) is 25.2 Å². The number of aliphatic hydroxyl groups is 1. The van der Waals surface area contributed by atoms with Gasteiger partial charge in [-0.3, -0.25) is 19.8 Å². The topological polar surface area (TPSA) is 111 Å². The van der Waals surface area contributed by atoms with Crippen molar-refractivity contribution in [1.29, 1.82) is 0 Å². The average molecular weight is 580 g/mol. The predicted octanol–water partition coefficient (Wildman–Crippen LogP) is 3.40. The molecule has 208 valence electrons. The zero-order chi connectivity index (χ0) is 28.0. The molecule has 8 nitrogen and oxygen atoms in total. The van der Waals surface area contributed by atoms with E-state index in [0.29, 0.717) is 37.4 Å². The van der Waals surface area contributed by atoms with Crippen LogP contribution in [0.4, 0.5) is 28.9 Å². The van der Waals surface area contributed by atoms with E-state index in [1.165, 1.54) is 18.2 Å². The number of rotatable bonds is 10. The number of alkyl halides is 3.